The predicted octanol–water partition coefficient (Wildman–Crippen LogP) is 2.81. The summed E-state index contributed by atoms with van der Waals surface area (Å²) in [6, 6.07) is 9.26. The van der Waals surface area contributed by atoms with Gasteiger partial charge in [-0.1, -0.05) is 19.1 Å². The van der Waals surface area contributed by atoms with E-state index in [9.17, 15) is 0 Å². The number of nitrogens with two attached hydrogens (primary N) is 1. The molecule has 0 radical (unpaired) electrons. The van der Waals surface area contributed by atoms with Gasteiger partial charge < -0.3 is 10.6 Å². The fraction of sp³-hybridized carbons (Fsp3) is 0.600. The molecule has 2 N–H and O–H groups in total. The van der Waals surface area contributed by atoms with E-state index in [2.05, 4.69) is 43.1 Å². The van der Waals surface area contributed by atoms with Gasteiger partial charge in [0.25, 0.3) is 0 Å². The summed E-state index contributed by atoms with van der Waals surface area (Å²) in [6.07, 6.45) is 4.90. The zero-order valence-corrected chi connectivity index (χ0v) is 11.0. The number of hydrogen-bond donors (Lipinski definition) is 1. The number of aryl methyl sites for hydroxylation is 1. The number of nitrogens with zero attached hydrogens (tertiary/aromatic N) is 1. The van der Waals surface area contributed by atoms with Gasteiger partial charge in [-0.2, -0.15) is 0 Å². The van der Waals surface area contributed by atoms with E-state index in [1.54, 1.807) is 0 Å². The van der Waals surface area contributed by atoms with Gasteiger partial charge in [0.05, 0.1) is 0 Å². The maximum Gasteiger partial charge on any atom is 0.0363 e. The van der Waals surface area contributed by atoms with Gasteiger partial charge in [0.15, 0.2) is 0 Å². The summed E-state index contributed by atoms with van der Waals surface area (Å²) >= 11 is 0. The number of anilines is 1. The zero-order valence-electron chi connectivity index (χ0n) is 11.0. The molecule has 1 saturated carbocycles. The lowest BCUT2D eigenvalue weighted by molar-refractivity contribution is 0.550. The van der Waals surface area contributed by atoms with Gasteiger partial charge in [-0.15, -0.1) is 0 Å². The van der Waals surface area contributed by atoms with Crippen LogP contribution in [-0.2, 0) is 6.42 Å². The summed E-state index contributed by atoms with van der Waals surface area (Å²) in [4.78, 5) is 2.31. The average Bonchev–Trinajstić information content (AvgIpc) is 3.20. The van der Waals surface area contributed by atoms with E-state index in [1.807, 2.05) is 0 Å². The molecule has 1 aliphatic rings. The Balaban J connectivity index is 1.82. The molecule has 17 heavy (non-hydrogen) atoms. The number of benzene rings is 1. The summed E-state index contributed by atoms with van der Waals surface area (Å²) in [5, 5.41) is 0. The van der Waals surface area contributed by atoms with Crippen LogP contribution in [0.4, 0.5) is 5.69 Å². The molecule has 2 nitrogen and oxygen atoms in total. The van der Waals surface area contributed by atoms with Crippen molar-refractivity contribution in [3.8, 4) is 0 Å². The van der Waals surface area contributed by atoms with E-state index in [-0.39, 0.29) is 0 Å². The molecular formula is C15H24N2. The van der Waals surface area contributed by atoms with E-state index in [4.69, 9.17) is 5.73 Å². The second-order valence-corrected chi connectivity index (χ2v) is 5.23. The van der Waals surface area contributed by atoms with Crippen molar-refractivity contribution in [2.45, 2.75) is 38.6 Å². The van der Waals surface area contributed by atoms with Crippen LogP contribution in [0.2, 0.25) is 0 Å². The lowest BCUT2D eigenvalue weighted by Gasteiger charge is -2.21. The summed E-state index contributed by atoms with van der Waals surface area (Å²) in [6.45, 7) is 3.25. The summed E-state index contributed by atoms with van der Waals surface area (Å²) in [7, 11) is 2.15. The third-order valence-corrected chi connectivity index (χ3v) is 3.81. The fourth-order valence-corrected chi connectivity index (χ4v) is 2.22. The largest absolute Gasteiger partial charge is 0.375 e. The molecule has 0 spiro atoms. The zero-order chi connectivity index (χ0) is 12.3. The van der Waals surface area contributed by atoms with Gasteiger partial charge in [0.1, 0.15) is 0 Å². The number of rotatable bonds is 6. The molecule has 0 aliphatic heterocycles. The lowest BCUT2D eigenvalue weighted by Crippen LogP contribution is -2.29. The van der Waals surface area contributed by atoms with Crippen LogP contribution in [0.3, 0.4) is 0 Å². The first-order valence-corrected chi connectivity index (χ1v) is 6.76. The highest BCUT2D eigenvalue weighted by Gasteiger charge is 2.28. The van der Waals surface area contributed by atoms with Crippen LogP contribution in [0.25, 0.3) is 0 Å². The molecule has 2 heteroatoms. The van der Waals surface area contributed by atoms with Crippen molar-refractivity contribution in [1.29, 1.82) is 0 Å². The second-order valence-electron chi connectivity index (χ2n) is 5.23. The Hall–Kier alpha value is -1.02. The summed E-state index contributed by atoms with van der Waals surface area (Å²) < 4.78 is 0. The Bertz CT molecular complexity index is 340. The van der Waals surface area contributed by atoms with Crippen molar-refractivity contribution in [3.05, 3.63) is 29.8 Å². The third kappa shape index (κ3) is 3.47. The summed E-state index contributed by atoms with van der Waals surface area (Å²) in [5.74, 6) is 0.811. The lowest BCUT2D eigenvalue weighted by atomic mass is 10.1. The normalized spacial score (nSPS) is 16.9. The molecule has 0 amide bonds. The predicted molar refractivity (Wildman–Crippen MR) is 74.4 cm³/mol. The first kappa shape index (κ1) is 12.4. The minimum atomic E-state index is 0.410. The van der Waals surface area contributed by atoms with Crippen LogP contribution in [-0.4, -0.2) is 19.6 Å². The Morgan fingerprint density at radius 2 is 1.94 bits per heavy atom. The molecule has 1 fully saturated rings. The molecule has 0 bridgehead atoms. The number of hydrogen-bond acceptors (Lipinski definition) is 2. The van der Waals surface area contributed by atoms with Gasteiger partial charge in [-0.3, -0.25) is 0 Å². The van der Waals surface area contributed by atoms with Gasteiger partial charge in [0, 0.05) is 25.3 Å². The van der Waals surface area contributed by atoms with E-state index in [1.165, 1.54) is 24.1 Å². The Morgan fingerprint density at radius 1 is 1.29 bits per heavy atom. The summed E-state index contributed by atoms with van der Waals surface area (Å²) in [5.41, 5.74) is 8.82. The van der Waals surface area contributed by atoms with Crippen LogP contribution < -0.4 is 10.6 Å². The highest BCUT2D eigenvalue weighted by Crippen LogP contribution is 2.32. The Morgan fingerprint density at radius 3 is 2.47 bits per heavy atom. The van der Waals surface area contributed by atoms with Crippen LogP contribution >= 0.6 is 0 Å². The smallest absolute Gasteiger partial charge is 0.0363 e. The highest BCUT2D eigenvalue weighted by atomic mass is 15.1. The van der Waals surface area contributed by atoms with Crippen LogP contribution in [0.15, 0.2) is 24.3 Å². The van der Waals surface area contributed by atoms with Crippen molar-refractivity contribution in [2.75, 3.05) is 18.5 Å². The van der Waals surface area contributed by atoms with Crippen LogP contribution in [0.1, 0.15) is 31.7 Å². The van der Waals surface area contributed by atoms with Gasteiger partial charge in [-0.05, 0) is 49.3 Å². The maximum absolute atomic E-state index is 6.12. The molecule has 1 aromatic rings. The van der Waals surface area contributed by atoms with E-state index in [0.717, 1.165) is 25.3 Å². The average molecular weight is 232 g/mol. The van der Waals surface area contributed by atoms with Crippen molar-refractivity contribution in [2.24, 2.45) is 11.7 Å². The van der Waals surface area contributed by atoms with Gasteiger partial charge in [0.2, 0.25) is 0 Å². The molecule has 0 saturated heterocycles. The van der Waals surface area contributed by atoms with E-state index in [0.29, 0.717) is 6.04 Å². The standard InChI is InChI=1S/C15H24N2/c1-3-12-4-8-14(9-5-12)17(2)11-10-15(16)13-6-7-13/h4-5,8-9,13,15H,3,6-7,10-11,16H2,1-2H3. The van der Waals surface area contributed by atoms with Gasteiger partial charge in [-0.25, -0.2) is 0 Å². The molecular weight excluding hydrogens is 208 g/mol. The molecule has 2 rings (SSSR count). The SMILES string of the molecule is CCc1ccc(N(C)CCC(N)C2CC2)cc1. The minimum absolute atomic E-state index is 0.410. The Labute approximate surface area is 105 Å². The molecule has 94 valence electrons. The van der Waals surface area contributed by atoms with Crippen molar-refractivity contribution < 1.29 is 0 Å². The molecule has 1 aliphatic carbocycles. The quantitative estimate of drug-likeness (QED) is 0.817. The van der Waals surface area contributed by atoms with Gasteiger partial charge >= 0.3 is 0 Å². The second kappa shape index (κ2) is 5.54. The fourth-order valence-electron chi connectivity index (χ4n) is 2.22. The monoisotopic (exact) mass is 232 g/mol. The van der Waals surface area contributed by atoms with Crippen molar-refractivity contribution >= 4 is 5.69 Å². The van der Waals surface area contributed by atoms with Crippen molar-refractivity contribution in [1.82, 2.24) is 0 Å². The van der Waals surface area contributed by atoms with Crippen LogP contribution in [0, 0.1) is 5.92 Å². The van der Waals surface area contributed by atoms with Crippen LogP contribution in [0.5, 0.6) is 0 Å². The molecule has 1 unspecified atom stereocenters. The van der Waals surface area contributed by atoms with E-state index < -0.39 is 0 Å². The first-order valence-electron chi connectivity index (χ1n) is 6.76. The third-order valence-electron chi connectivity index (χ3n) is 3.81. The van der Waals surface area contributed by atoms with E-state index >= 15 is 0 Å². The maximum atomic E-state index is 6.12. The Kier molecular flexibility index (Phi) is 4.06. The molecule has 0 heterocycles. The topological polar surface area (TPSA) is 29.3 Å². The highest BCUT2D eigenvalue weighted by molar-refractivity contribution is 5.46. The minimum Gasteiger partial charge on any atom is -0.375 e. The first-order chi connectivity index (χ1) is 8.20. The molecule has 0 aromatic heterocycles. The molecule has 1 aromatic carbocycles. The molecule has 1 atom stereocenters. The van der Waals surface area contributed by atoms with Crippen molar-refractivity contribution in [3.63, 3.8) is 0 Å².